The maximum absolute atomic E-state index is 12.2. The number of amides is 2. The largest absolute Gasteiger partial charge is 0.493 e. The van der Waals surface area contributed by atoms with Crippen LogP contribution in [0.5, 0.6) is 17.2 Å². The van der Waals surface area contributed by atoms with Crippen molar-refractivity contribution in [1.82, 2.24) is 0 Å². The van der Waals surface area contributed by atoms with Crippen LogP contribution in [0.25, 0.3) is 0 Å². The molecule has 0 heterocycles. The summed E-state index contributed by atoms with van der Waals surface area (Å²) in [5.41, 5.74) is 2.47. The van der Waals surface area contributed by atoms with Gasteiger partial charge in [0.15, 0.2) is 11.5 Å². The smallest absolute Gasteiger partial charge is 0.323 e. The topological polar surface area (TPSA) is 68.8 Å². The molecule has 2 aromatic carbocycles. The van der Waals surface area contributed by atoms with Crippen molar-refractivity contribution >= 4 is 17.4 Å². The number of anilines is 2. The second-order valence-electron chi connectivity index (χ2n) is 5.77. The lowest BCUT2D eigenvalue weighted by molar-refractivity contribution is 0.262. The molecule has 2 aromatic rings. The van der Waals surface area contributed by atoms with E-state index in [1.807, 2.05) is 24.3 Å². The Balaban J connectivity index is 2.12. The number of urea groups is 1. The summed E-state index contributed by atoms with van der Waals surface area (Å²) in [6.07, 6.45) is 0. The van der Waals surface area contributed by atoms with Crippen molar-refractivity contribution in [3.63, 3.8) is 0 Å². The molecule has 0 radical (unpaired) electrons. The Bertz CT molecular complexity index is 702. The van der Waals surface area contributed by atoms with Crippen LogP contribution in [0.2, 0.25) is 0 Å². The third-order valence-electron chi connectivity index (χ3n) is 3.76. The van der Waals surface area contributed by atoms with Gasteiger partial charge >= 0.3 is 6.03 Å². The van der Waals surface area contributed by atoms with Crippen LogP contribution in [0, 0.1) is 0 Å². The van der Waals surface area contributed by atoms with Crippen molar-refractivity contribution in [3.8, 4) is 17.2 Å². The van der Waals surface area contributed by atoms with Crippen molar-refractivity contribution in [2.24, 2.45) is 0 Å². The highest BCUT2D eigenvalue weighted by atomic mass is 16.5. The van der Waals surface area contributed by atoms with E-state index in [4.69, 9.17) is 14.2 Å². The van der Waals surface area contributed by atoms with E-state index in [1.54, 1.807) is 12.1 Å². The van der Waals surface area contributed by atoms with Crippen LogP contribution in [-0.2, 0) is 0 Å². The van der Waals surface area contributed by atoms with Crippen LogP contribution in [0.3, 0.4) is 0 Å². The predicted molar refractivity (Wildman–Crippen MR) is 99.3 cm³/mol. The number of nitrogens with one attached hydrogen (secondary N) is 2. The number of rotatable bonds is 6. The lowest BCUT2D eigenvalue weighted by Gasteiger charge is -2.15. The van der Waals surface area contributed by atoms with Gasteiger partial charge < -0.3 is 24.8 Å². The SMILES string of the molecule is COc1cc(NC(=O)Nc2ccc(C(C)C)cc2)cc(OC)c1OC. The number of carbonyl (C=O) groups excluding carboxylic acids is 1. The standard InChI is InChI=1S/C19H24N2O4/c1-12(2)13-6-8-14(9-7-13)20-19(22)21-15-10-16(23-3)18(25-5)17(11-15)24-4/h6-12H,1-5H3,(H2,20,21,22). The number of hydrogen-bond donors (Lipinski definition) is 2. The van der Waals surface area contributed by atoms with Crippen LogP contribution in [0.4, 0.5) is 16.2 Å². The van der Waals surface area contributed by atoms with E-state index in [1.165, 1.54) is 26.9 Å². The molecular formula is C19H24N2O4. The minimum atomic E-state index is -0.355. The van der Waals surface area contributed by atoms with Gasteiger partial charge in [0.1, 0.15) is 0 Å². The molecule has 0 unspecified atom stereocenters. The molecule has 0 saturated carbocycles. The monoisotopic (exact) mass is 344 g/mol. The molecule has 0 aliphatic carbocycles. The molecule has 0 bridgehead atoms. The molecule has 0 spiro atoms. The zero-order valence-electron chi connectivity index (χ0n) is 15.2. The van der Waals surface area contributed by atoms with Gasteiger partial charge in [0.25, 0.3) is 0 Å². The lowest BCUT2D eigenvalue weighted by Crippen LogP contribution is -2.19. The van der Waals surface area contributed by atoms with Gasteiger partial charge in [-0.1, -0.05) is 26.0 Å². The van der Waals surface area contributed by atoms with Crippen LogP contribution < -0.4 is 24.8 Å². The summed E-state index contributed by atoms with van der Waals surface area (Å²) in [5, 5.41) is 5.56. The summed E-state index contributed by atoms with van der Waals surface area (Å²) in [7, 11) is 4.58. The highest BCUT2D eigenvalue weighted by Crippen LogP contribution is 2.39. The highest BCUT2D eigenvalue weighted by Gasteiger charge is 2.14. The fourth-order valence-corrected chi connectivity index (χ4v) is 2.40. The van der Waals surface area contributed by atoms with E-state index in [-0.39, 0.29) is 6.03 Å². The van der Waals surface area contributed by atoms with Gasteiger partial charge in [-0.25, -0.2) is 4.79 Å². The molecule has 2 N–H and O–H groups in total. The van der Waals surface area contributed by atoms with Gasteiger partial charge in [0, 0.05) is 17.8 Å². The summed E-state index contributed by atoms with van der Waals surface area (Å²) in [6.45, 7) is 4.25. The molecule has 0 fully saturated rings. The maximum Gasteiger partial charge on any atom is 0.323 e. The second-order valence-corrected chi connectivity index (χ2v) is 5.77. The second kappa shape index (κ2) is 8.28. The summed E-state index contributed by atoms with van der Waals surface area (Å²) < 4.78 is 15.8. The maximum atomic E-state index is 12.2. The van der Waals surface area contributed by atoms with Crippen LogP contribution in [-0.4, -0.2) is 27.4 Å². The molecule has 134 valence electrons. The van der Waals surface area contributed by atoms with E-state index < -0.39 is 0 Å². The van der Waals surface area contributed by atoms with Gasteiger partial charge in [-0.3, -0.25) is 0 Å². The number of benzene rings is 2. The Hall–Kier alpha value is -2.89. The molecule has 0 aliphatic rings. The molecule has 2 amide bonds. The Morgan fingerprint density at radius 3 is 1.80 bits per heavy atom. The first-order chi connectivity index (χ1) is 12.0. The first-order valence-electron chi connectivity index (χ1n) is 7.96. The van der Waals surface area contributed by atoms with Gasteiger partial charge in [0.2, 0.25) is 5.75 Å². The molecule has 6 heteroatoms. The third-order valence-corrected chi connectivity index (χ3v) is 3.76. The van der Waals surface area contributed by atoms with Crippen molar-refractivity contribution in [1.29, 1.82) is 0 Å². The van der Waals surface area contributed by atoms with Gasteiger partial charge in [-0.15, -0.1) is 0 Å². The Morgan fingerprint density at radius 2 is 1.36 bits per heavy atom. The average Bonchev–Trinajstić information content (AvgIpc) is 2.61. The predicted octanol–water partition coefficient (Wildman–Crippen LogP) is 4.48. The summed E-state index contributed by atoms with van der Waals surface area (Å²) in [5.74, 6) is 1.86. The van der Waals surface area contributed by atoms with Crippen LogP contribution in [0.1, 0.15) is 25.3 Å². The van der Waals surface area contributed by atoms with Gasteiger partial charge in [-0.2, -0.15) is 0 Å². The molecule has 0 saturated heterocycles. The Morgan fingerprint density at radius 1 is 0.840 bits per heavy atom. The van der Waals surface area contributed by atoms with Gasteiger partial charge in [0.05, 0.1) is 27.0 Å². The third kappa shape index (κ3) is 4.56. The molecule has 6 nitrogen and oxygen atoms in total. The minimum absolute atomic E-state index is 0.355. The molecule has 0 aliphatic heterocycles. The average molecular weight is 344 g/mol. The van der Waals surface area contributed by atoms with E-state index in [2.05, 4.69) is 24.5 Å². The van der Waals surface area contributed by atoms with Crippen molar-refractivity contribution in [3.05, 3.63) is 42.0 Å². The zero-order chi connectivity index (χ0) is 18.4. The number of carbonyl (C=O) groups is 1. The quantitative estimate of drug-likeness (QED) is 0.811. The fraction of sp³-hybridized carbons (Fsp3) is 0.316. The van der Waals surface area contributed by atoms with Crippen molar-refractivity contribution in [2.75, 3.05) is 32.0 Å². The molecule has 0 atom stereocenters. The minimum Gasteiger partial charge on any atom is -0.493 e. The highest BCUT2D eigenvalue weighted by molar-refractivity contribution is 6.00. The molecule has 0 aromatic heterocycles. The summed E-state index contributed by atoms with van der Waals surface area (Å²) in [6, 6.07) is 10.7. The van der Waals surface area contributed by atoms with Crippen molar-refractivity contribution < 1.29 is 19.0 Å². The van der Waals surface area contributed by atoms with Gasteiger partial charge in [-0.05, 0) is 23.6 Å². The van der Waals surface area contributed by atoms with E-state index in [9.17, 15) is 4.79 Å². The number of hydrogen-bond acceptors (Lipinski definition) is 4. The number of methoxy groups -OCH3 is 3. The zero-order valence-corrected chi connectivity index (χ0v) is 15.2. The Labute approximate surface area is 148 Å². The molecular weight excluding hydrogens is 320 g/mol. The summed E-state index contributed by atoms with van der Waals surface area (Å²) in [4.78, 5) is 12.2. The lowest BCUT2D eigenvalue weighted by atomic mass is 10.0. The van der Waals surface area contributed by atoms with Crippen LogP contribution in [0.15, 0.2) is 36.4 Å². The number of ether oxygens (including phenoxy) is 3. The molecule has 25 heavy (non-hydrogen) atoms. The van der Waals surface area contributed by atoms with E-state index in [0.717, 1.165) is 0 Å². The molecule has 2 rings (SSSR count). The van der Waals surface area contributed by atoms with Crippen LogP contribution >= 0.6 is 0 Å². The fourth-order valence-electron chi connectivity index (χ4n) is 2.40. The van der Waals surface area contributed by atoms with E-state index >= 15 is 0 Å². The Kier molecular flexibility index (Phi) is 6.11. The normalized spacial score (nSPS) is 10.3. The first-order valence-corrected chi connectivity index (χ1v) is 7.96. The van der Waals surface area contributed by atoms with E-state index in [0.29, 0.717) is 34.5 Å². The van der Waals surface area contributed by atoms with Crippen molar-refractivity contribution in [2.45, 2.75) is 19.8 Å². The first kappa shape index (κ1) is 18.4. The summed E-state index contributed by atoms with van der Waals surface area (Å²) >= 11 is 0.